The van der Waals surface area contributed by atoms with Gasteiger partial charge in [-0.1, -0.05) is 0 Å². The van der Waals surface area contributed by atoms with E-state index in [1.54, 1.807) is 35.3 Å². The van der Waals surface area contributed by atoms with E-state index in [1.807, 2.05) is 4.90 Å². The topological polar surface area (TPSA) is 84.2 Å². The van der Waals surface area contributed by atoms with Gasteiger partial charge in [-0.15, -0.1) is 10.2 Å². The number of halogens is 2. The van der Waals surface area contributed by atoms with Crippen molar-refractivity contribution in [3.05, 3.63) is 66.0 Å². The summed E-state index contributed by atoms with van der Waals surface area (Å²) in [5.41, 5.74) is -0.174. The molecule has 3 heterocycles. The second kappa shape index (κ2) is 7.84. The molecule has 2 aromatic heterocycles. The average Bonchev–Trinajstić information content (AvgIpc) is 3.26. The van der Waals surface area contributed by atoms with Gasteiger partial charge in [-0.2, -0.15) is 9.40 Å². The van der Waals surface area contributed by atoms with Crippen molar-refractivity contribution >= 4 is 15.8 Å². The van der Waals surface area contributed by atoms with Crippen LogP contribution < -0.4 is 4.90 Å². The van der Waals surface area contributed by atoms with E-state index in [9.17, 15) is 17.2 Å². The minimum absolute atomic E-state index is 0.174. The van der Waals surface area contributed by atoms with Crippen LogP contribution in [-0.4, -0.2) is 58.9 Å². The number of nitrogens with zero attached hydrogens (tertiary/aromatic N) is 6. The van der Waals surface area contributed by atoms with Crippen molar-refractivity contribution in [2.24, 2.45) is 0 Å². The third kappa shape index (κ3) is 4.25. The number of benzene rings is 1. The van der Waals surface area contributed by atoms with Crippen LogP contribution in [-0.2, 0) is 15.8 Å². The molecule has 0 atom stereocenters. The maximum absolute atomic E-state index is 13.8. The summed E-state index contributed by atoms with van der Waals surface area (Å²) in [4.78, 5) is 1.93. The predicted octanol–water partition coefficient (Wildman–Crippen LogP) is 1.59. The Bertz CT molecular complexity index is 1080. The lowest BCUT2D eigenvalue weighted by Crippen LogP contribution is -2.49. The summed E-state index contributed by atoms with van der Waals surface area (Å²) >= 11 is 0. The highest BCUT2D eigenvalue weighted by Crippen LogP contribution is 2.19. The highest BCUT2D eigenvalue weighted by atomic mass is 32.2. The van der Waals surface area contributed by atoms with Crippen molar-refractivity contribution in [1.29, 1.82) is 0 Å². The molecule has 29 heavy (non-hydrogen) atoms. The highest BCUT2D eigenvalue weighted by Gasteiger charge is 2.28. The maximum atomic E-state index is 13.8. The molecule has 0 radical (unpaired) electrons. The van der Waals surface area contributed by atoms with Crippen LogP contribution in [0.3, 0.4) is 0 Å². The molecule has 0 amide bonds. The van der Waals surface area contributed by atoms with E-state index in [2.05, 4.69) is 15.3 Å². The molecular weight excluding hydrogens is 402 g/mol. The van der Waals surface area contributed by atoms with Crippen LogP contribution in [0.1, 0.15) is 5.56 Å². The van der Waals surface area contributed by atoms with E-state index in [4.69, 9.17) is 0 Å². The largest absolute Gasteiger partial charge is 0.352 e. The molecule has 1 aliphatic heterocycles. The molecule has 4 rings (SSSR count). The van der Waals surface area contributed by atoms with Gasteiger partial charge in [0.25, 0.3) is 0 Å². The Kier molecular flexibility index (Phi) is 5.24. The zero-order valence-corrected chi connectivity index (χ0v) is 16.1. The van der Waals surface area contributed by atoms with Gasteiger partial charge in [-0.25, -0.2) is 21.9 Å². The normalized spacial score (nSPS) is 15.6. The van der Waals surface area contributed by atoms with Crippen LogP contribution in [0.4, 0.5) is 14.6 Å². The zero-order chi connectivity index (χ0) is 20.4. The fraction of sp³-hybridized carbons (Fsp3) is 0.278. The smallest absolute Gasteiger partial charge is 0.218 e. The number of rotatable bonds is 5. The fourth-order valence-corrected chi connectivity index (χ4v) is 4.67. The number of anilines is 1. The average molecular weight is 420 g/mol. The molecule has 0 aliphatic carbocycles. The summed E-state index contributed by atoms with van der Waals surface area (Å²) in [6, 6.07) is 8.18. The van der Waals surface area contributed by atoms with Gasteiger partial charge in [-0.05, 0) is 36.4 Å². The molecule has 1 fully saturated rings. The molecule has 1 saturated heterocycles. The molecule has 0 unspecified atom stereocenters. The van der Waals surface area contributed by atoms with Crippen LogP contribution in [0.2, 0.25) is 0 Å². The van der Waals surface area contributed by atoms with Crippen LogP contribution in [0.5, 0.6) is 0 Å². The fourth-order valence-electron chi connectivity index (χ4n) is 3.15. The molecule has 8 nitrogen and oxygen atoms in total. The first kappa shape index (κ1) is 19.4. The summed E-state index contributed by atoms with van der Waals surface area (Å²) in [6.07, 6.45) is 3.40. The van der Waals surface area contributed by atoms with Gasteiger partial charge in [0.05, 0.1) is 5.75 Å². The summed E-state index contributed by atoms with van der Waals surface area (Å²) in [5.74, 6) is -0.763. The number of aromatic nitrogens is 4. The van der Waals surface area contributed by atoms with Crippen LogP contribution in [0.25, 0.3) is 5.82 Å². The standard InChI is InChI=1S/C18H18F2N6O2S/c19-15-2-3-16(20)14(12-15)13-29(27,28)25-10-8-24(9-11-25)17-4-5-18(23-22-17)26-7-1-6-21-26/h1-7,12H,8-11,13H2. The first-order valence-corrected chi connectivity index (χ1v) is 10.5. The van der Waals surface area contributed by atoms with E-state index in [0.717, 1.165) is 18.2 Å². The van der Waals surface area contributed by atoms with E-state index in [0.29, 0.717) is 24.7 Å². The van der Waals surface area contributed by atoms with Gasteiger partial charge >= 0.3 is 0 Å². The van der Waals surface area contributed by atoms with Gasteiger partial charge in [0.1, 0.15) is 11.6 Å². The van der Waals surface area contributed by atoms with Crippen LogP contribution >= 0.6 is 0 Å². The third-order valence-corrected chi connectivity index (χ3v) is 6.50. The van der Waals surface area contributed by atoms with Crippen molar-refractivity contribution in [3.8, 4) is 5.82 Å². The van der Waals surface area contributed by atoms with Crippen molar-refractivity contribution in [2.45, 2.75) is 5.75 Å². The lowest BCUT2D eigenvalue weighted by molar-refractivity contribution is 0.382. The number of piperazine rings is 1. The highest BCUT2D eigenvalue weighted by molar-refractivity contribution is 7.88. The van der Waals surface area contributed by atoms with Crippen molar-refractivity contribution in [3.63, 3.8) is 0 Å². The second-order valence-electron chi connectivity index (χ2n) is 6.58. The van der Waals surface area contributed by atoms with Gasteiger partial charge in [0, 0.05) is 44.1 Å². The quantitative estimate of drug-likeness (QED) is 0.623. The monoisotopic (exact) mass is 420 g/mol. The van der Waals surface area contributed by atoms with Gasteiger partial charge in [0.15, 0.2) is 11.6 Å². The van der Waals surface area contributed by atoms with Crippen molar-refractivity contribution in [2.75, 3.05) is 31.1 Å². The molecule has 0 bridgehead atoms. The molecule has 1 aliphatic rings. The molecule has 0 N–H and O–H groups in total. The molecule has 0 spiro atoms. The maximum Gasteiger partial charge on any atom is 0.218 e. The van der Waals surface area contributed by atoms with E-state index < -0.39 is 27.4 Å². The Balaban J connectivity index is 1.40. The summed E-state index contributed by atoms with van der Waals surface area (Å²) in [7, 11) is -3.77. The molecule has 152 valence electrons. The zero-order valence-electron chi connectivity index (χ0n) is 15.3. The lowest BCUT2D eigenvalue weighted by Gasteiger charge is -2.34. The van der Waals surface area contributed by atoms with Crippen LogP contribution in [0.15, 0.2) is 48.8 Å². The summed E-state index contributed by atoms with van der Waals surface area (Å²) in [5, 5.41) is 12.4. The molecule has 3 aromatic rings. The Morgan fingerprint density at radius 2 is 1.69 bits per heavy atom. The van der Waals surface area contributed by atoms with E-state index >= 15 is 0 Å². The minimum atomic E-state index is -3.77. The number of sulfonamides is 1. The van der Waals surface area contributed by atoms with E-state index in [1.165, 1.54) is 4.31 Å². The third-order valence-electron chi connectivity index (χ3n) is 4.68. The molecular formula is C18H18F2N6O2S. The second-order valence-corrected chi connectivity index (χ2v) is 8.55. The number of hydrogen-bond donors (Lipinski definition) is 0. The summed E-state index contributed by atoms with van der Waals surface area (Å²) in [6.45, 7) is 1.28. The van der Waals surface area contributed by atoms with Crippen LogP contribution in [0, 0.1) is 11.6 Å². The Morgan fingerprint density at radius 3 is 2.34 bits per heavy atom. The van der Waals surface area contributed by atoms with Crippen molar-refractivity contribution < 1.29 is 17.2 Å². The Hall–Kier alpha value is -2.92. The predicted molar refractivity (Wildman–Crippen MR) is 102 cm³/mol. The van der Waals surface area contributed by atoms with Gasteiger partial charge in [0.2, 0.25) is 10.0 Å². The lowest BCUT2D eigenvalue weighted by atomic mass is 10.2. The Labute approximate surface area is 166 Å². The first-order chi connectivity index (χ1) is 13.9. The van der Waals surface area contributed by atoms with Crippen molar-refractivity contribution in [1.82, 2.24) is 24.3 Å². The Morgan fingerprint density at radius 1 is 0.966 bits per heavy atom. The van der Waals surface area contributed by atoms with E-state index in [-0.39, 0.29) is 18.7 Å². The SMILES string of the molecule is O=S(=O)(Cc1cc(F)ccc1F)N1CCN(c2ccc(-n3cccn3)nn2)CC1. The molecule has 0 saturated carbocycles. The van der Waals surface area contributed by atoms with Gasteiger partial charge < -0.3 is 4.90 Å². The van der Waals surface area contributed by atoms with Gasteiger partial charge in [-0.3, -0.25) is 0 Å². The minimum Gasteiger partial charge on any atom is -0.352 e. The molecule has 1 aromatic carbocycles. The first-order valence-electron chi connectivity index (χ1n) is 8.93. The number of hydrogen-bond acceptors (Lipinski definition) is 6. The summed E-state index contributed by atoms with van der Waals surface area (Å²) < 4.78 is 55.2. The molecule has 11 heteroatoms.